The fourth-order valence-electron chi connectivity index (χ4n) is 3.84. The molecular formula is C20H35N5O2. The highest BCUT2D eigenvalue weighted by Crippen LogP contribution is 2.20. The number of aromatic nitrogens is 2. The second-order valence-corrected chi connectivity index (χ2v) is 7.72. The van der Waals surface area contributed by atoms with Gasteiger partial charge in [-0.1, -0.05) is 0 Å². The second kappa shape index (κ2) is 10.7. The smallest absolute Gasteiger partial charge is 0.193 e. The van der Waals surface area contributed by atoms with Gasteiger partial charge in [-0.25, -0.2) is 0 Å². The molecule has 0 aromatic carbocycles. The van der Waals surface area contributed by atoms with E-state index in [1.165, 1.54) is 12.0 Å². The molecule has 1 aromatic rings. The van der Waals surface area contributed by atoms with E-state index in [-0.39, 0.29) is 0 Å². The van der Waals surface area contributed by atoms with Crippen LogP contribution in [0.4, 0.5) is 0 Å². The van der Waals surface area contributed by atoms with E-state index in [1.807, 2.05) is 17.9 Å². The molecule has 0 bridgehead atoms. The van der Waals surface area contributed by atoms with E-state index in [4.69, 9.17) is 14.5 Å². The number of guanidine groups is 1. The van der Waals surface area contributed by atoms with Gasteiger partial charge < -0.3 is 19.7 Å². The summed E-state index contributed by atoms with van der Waals surface area (Å²) in [5.41, 5.74) is 1.33. The zero-order chi connectivity index (χ0) is 18.9. The van der Waals surface area contributed by atoms with Crippen molar-refractivity contribution in [1.82, 2.24) is 20.0 Å². The second-order valence-electron chi connectivity index (χ2n) is 7.72. The monoisotopic (exact) mass is 377 g/mol. The predicted octanol–water partition coefficient (Wildman–Crippen LogP) is 1.69. The van der Waals surface area contributed by atoms with Crippen molar-refractivity contribution in [3.8, 4) is 0 Å². The molecule has 152 valence electrons. The van der Waals surface area contributed by atoms with Crippen LogP contribution in [0.3, 0.4) is 0 Å². The van der Waals surface area contributed by atoms with Gasteiger partial charge in [0.25, 0.3) is 0 Å². The summed E-state index contributed by atoms with van der Waals surface area (Å²) in [6, 6.07) is 0. The van der Waals surface area contributed by atoms with Crippen LogP contribution in [0, 0.1) is 11.8 Å². The maximum atomic E-state index is 5.78. The maximum Gasteiger partial charge on any atom is 0.193 e. The average molecular weight is 378 g/mol. The summed E-state index contributed by atoms with van der Waals surface area (Å²) >= 11 is 0. The Bertz CT molecular complexity index is 583. The molecular weight excluding hydrogens is 342 g/mol. The highest BCUT2D eigenvalue weighted by atomic mass is 16.5. The highest BCUT2D eigenvalue weighted by Gasteiger charge is 2.25. The quantitative estimate of drug-likeness (QED) is 0.403. The Morgan fingerprint density at radius 2 is 2.33 bits per heavy atom. The molecule has 0 radical (unpaired) electrons. The van der Waals surface area contributed by atoms with E-state index in [9.17, 15) is 0 Å². The van der Waals surface area contributed by atoms with Crippen molar-refractivity contribution in [3.05, 3.63) is 18.0 Å². The third-order valence-corrected chi connectivity index (χ3v) is 5.29. The molecule has 1 N–H and O–H groups in total. The Labute approximate surface area is 163 Å². The van der Waals surface area contributed by atoms with Crippen molar-refractivity contribution >= 4 is 5.96 Å². The summed E-state index contributed by atoms with van der Waals surface area (Å²) in [7, 11) is 1.98. The van der Waals surface area contributed by atoms with Gasteiger partial charge in [0.1, 0.15) is 0 Å². The fourth-order valence-corrected chi connectivity index (χ4v) is 3.84. The molecule has 7 heteroatoms. The third-order valence-electron chi connectivity index (χ3n) is 5.29. The molecule has 2 unspecified atom stereocenters. The molecule has 2 fully saturated rings. The maximum absolute atomic E-state index is 5.78. The molecule has 0 aliphatic carbocycles. The molecule has 3 rings (SSSR count). The average Bonchev–Trinajstić information content (AvgIpc) is 3.40. The molecule has 2 aliphatic heterocycles. The first-order valence-corrected chi connectivity index (χ1v) is 10.4. The lowest BCUT2D eigenvalue weighted by molar-refractivity contribution is 0.0893. The summed E-state index contributed by atoms with van der Waals surface area (Å²) < 4.78 is 13.0. The number of aryl methyl sites for hydroxylation is 1. The fraction of sp³-hybridized carbons (Fsp3) is 0.800. The lowest BCUT2D eigenvalue weighted by Crippen LogP contribution is -2.40. The van der Waals surface area contributed by atoms with Crippen LogP contribution >= 0.6 is 0 Å². The standard InChI is InChI=1S/C20H35N5O2/c1-3-21-20(22-7-4-9-26-15-18-6-10-27-16-18)25-8-5-17(14-25)11-19-12-23-24(2)13-19/h12-13,17-18H,3-11,14-16H2,1-2H3,(H,21,22). The lowest BCUT2D eigenvalue weighted by atomic mass is 10.0. The Balaban J connectivity index is 1.37. The molecule has 1 aromatic heterocycles. The molecule has 2 aliphatic rings. The lowest BCUT2D eigenvalue weighted by Gasteiger charge is -2.21. The van der Waals surface area contributed by atoms with E-state index >= 15 is 0 Å². The Morgan fingerprint density at radius 1 is 1.41 bits per heavy atom. The molecule has 2 atom stereocenters. The summed E-state index contributed by atoms with van der Waals surface area (Å²) in [6.07, 6.45) is 8.53. The van der Waals surface area contributed by atoms with E-state index in [0.29, 0.717) is 11.8 Å². The van der Waals surface area contributed by atoms with Crippen molar-refractivity contribution < 1.29 is 9.47 Å². The summed E-state index contributed by atoms with van der Waals surface area (Å²) in [5.74, 6) is 2.32. The van der Waals surface area contributed by atoms with Gasteiger partial charge in [-0.3, -0.25) is 9.67 Å². The summed E-state index contributed by atoms with van der Waals surface area (Å²) in [4.78, 5) is 7.22. The van der Waals surface area contributed by atoms with Gasteiger partial charge in [0.15, 0.2) is 5.96 Å². The van der Waals surface area contributed by atoms with Crippen molar-refractivity contribution in [2.75, 3.05) is 52.6 Å². The first-order valence-electron chi connectivity index (χ1n) is 10.4. The van der Waals surface area contributed by atoms with Crippen molar-refractivity contribution in [2.24, 2.45) is 23.9 Å². The largest absolute Gasteiger partial charge is 0.381 e. The molecule has 0 amide bonds. The minimum atomic E-state index is 0.590. The van der Waals surface area contributed by atoms with E-state index in [2.05, 4.69) is 28.4 Å². The van der Waals surface area contributed by atoms with Gasteiger partial charge in [0, 0.05) is 58.6 Å². The molecule has 2 saturated heterocycles. The van der Waals surface area contributed by atoms with Crippen LogP contribution in [0.25, 0.3) is 0 Å². The third kappa shape index (κ3) is 6.50. The van der Waals surface area contributed by atoms with Gasteiger partial charge in [-0.05, 0) is 44.1 Å². The van der Waals surface area contributed by atoms with Gasteiger partial charge >= 0.3 is 0 Å². The number of nitrogens with one attached hydrogen (secondary N) is 1. The molecule has 0 saturated carbocycles. The number of likely N-dealkylation sites (tertiary alicyclic amines) is 1. The Hall–Kier alpha value is -1.60. The number of aliphatic imine (C=N–C) groups is 1. The summed E-state index contributed by atoms with van der Waals surface area (Å²) in [5, 5.41) is 7.73. The van der Waals surface area contributed by atoms with Crippen LogP contribution in [-0.2, 0) is 22.9 Å². The SMILES string of the molecule is CCNC(=NCCCOCC1CCOC1)N1CCC(Cc2cnn(C)c2)C1. The Morgan fingerprint density at radius 3 is 3.07 bits per heavy atom. The minimum absolute atomic E-state index is 0.590. The first-order chi connectivity index (χ1) is 13.2. The van der Waals surface area contributed by atoms with Gasteiger partial charge in [-0.2, -0.15) is 5.10 Å². The molecule has 3 heterocycles. The minimum Gasteiger partial charge on any atom is -0.381 e. The predicted molar refractivity (Wildman–Crippen MR) is 107 cm³/mol. The van der Waals surface area contributed by atoms with Crippen molar-refractivity contribution in [1.29, 1.82) is 0 Å². The highest BCUT2D eigenvalue weighted by molar-refractivity contribution is 5.80. The van der Waals surface area contributed by atoms with E-state index < -0.39 is 0 Å². The number of hydrogen-bond acceptors (Lipinski definition) is 4. The number of nitrogens with zero attached hydrogens (tertiary/aromatic N) is 4. The van der Waals surface area contributed by atoms with E-state index in [0.717, 1.165) is 77.8 Å². The Kier molecular flexibility index (Phi) is 7.95. The van der Waals surface area contributed by atoms with E-state index in [1.54, 1.807) is 0 Å². The van der Waals surface area contributed by atoms with Gasteiger partial charge in [-0.15, -0.1) is 0 Å². The molecule has 27 heavy (non-hydrogen) atoms. The van der Waals surface area contributed by atoms with Crippen LogP contribution in [-0.4, -0.2) is 73.2 Å². The number of hydrogen-bond donors (Lipinski definition) is 1. The number of rotatable bonds is 9. The first kappa shape index (κ1) is 20.1. The van der Waals surface area contributed by atoms with Crippen LogP contribution in [0.1, 0.15) is 31.7 Å². The number of ether oxygens (including phenoxy) is 2. The van der Waals surface area contributed by atoms with Crippen molar-refractivity contribution in [3.63, 3.8) is 0 Å². The molecule has 7 nitrogen and oxygen atoms in total. The zero-order valence-electron chi connectivity index (χ0n) is 16.9. The van der Waals surface area contributed by atoms with Crippen LogP contribution in [0.2, 0.25) is 0 Å². The van der Waals surface area contributed by atoms with Crippen LogP contribution < -0.4 is 5.32 Å². The van der Waals surface area contributed by atoms with Crippen molar-refractivity contribution in [2.45, 2.75) is 32.6 Å². The van der Waals surface area contributed by atoms with Crippen LogP contribution in [0.5, 0.6) is 0 Å². The van der Waals surface area contributed by atoms with Crippen LogP contribution in [0.15, 0.2) is 17.4 Å². The zero-order valence-corrected chi connectivity index (χ0v) is 16.9. The normalized spacial score (nSPS) is 23.3. The van der Waals surface area contributed by atoms with Gasteiger partial charge in [0.05, 0.1) is 19.4 Å². The topological polar surface area (TPSA) is 63.9 Å². The summed E-state index contributed by atoms with van der Waals surface area (Å²) in [6.45, 7) is 9.35. The van der Waals surface area contributed by atoms with Gasteiger partial charge in [0.2, 0.25) is 0 Å². The molecule has 0 spiro atoms.